The first kappa shape index (κ1) is 10.1. The molecule has 0 amide bonds. The Balaban J connectivity index is 2.08. The van der Waals surface area contributed by atoms with Gasteiger partial charge >= 0.3 is 9.05 Å². The molecule has 1 unspecified atom stereocenters. The van der Waals surface area contributed by atoms with Crippen molar-refractivity contribution in [3.63, 3.8) is 0 Å². The summed E-state index contributed by atoms with van der Waals surface area (Å²) in [6, 6.07) is 0. The summed E-state index contributed by atoms with van der Waals surface area (Å²) in [5, 5.41) is 0. The predicted octanol–water partition coefficient (Wildman–Crippen LogP) is -0.487. The molecule has 1 fully saturated rings. The van der Waals surface area contributed by atoms with Crippen LogP contribution in [-0.2, 0) is 18.0 Å². The van der Waals surface area contributed by atoms with Crippen LogP contribution in [0.2, 0.25) is 0 Å². The first-order chi connectivity index (χ1) is 5.70. The van der Waals surface area contributed by atoms with Gasteiger partial charge in [-0.1, -0.05) is 0 Å². The fourth-order valence-corrected chi connectivity index (χ4v) is 1.53. The van der Waals surface area contributed by atoms with Crippen molar-refractivity contribution in [3.8, 4) is 0 Å². The lowest BCUT2D eigenvalue weighted by Crippen LogP contribution is -2.44. The summed E-state index contributed by atoms with van der Waals surface area (Å²) in [6.07, 6.45) is 1.08. The molecule has 0 aliphatic carbocycles. The molecule has 5 nitrogen and oxygen atoms in total. The van der Waals surface area contributed by atoms with E-state index >= 15 is 0 Å². The summed E-state index contributed by atoms with van der Waals surface area (Å²) in [5.74, 6) is 0. The van der Waals surface area contributed by atoms with Crippen molar-refractivity contribution in [2.45, 2.75) is 12.5 Å². The smallest absolute Gasteiger partial charge is 0.373 e. The molecule has 0 bridgehead atoms. The van der Waals surface area contributed by atoms with Gasteiger partial charge in [0.25, 0.3) is 0 Å². The van der Waals surface area contributed by atoms with Gasteiger partial charge in [-0.15, -0.1) is 0 Å². The third-order valence-electron chi connectivity index (χ3n) is 1.64. The molecule has 1 atom stereocenters. The van der Waals surface area contributed by atoms with E-state index in [-0.39, 0.29) is 0 Å². The molecule has 1 rings (SSSR count). The van der Waals surface area contributed by atoms with Crippen LogP contribution < -0.4 is 0 Å². The maximum atomic E-state index is 9.39. The van der Waals surface area contributed by atoms with Crippen molar-refractivity contribution >= 4 is 9.05 Å². The number of hydrogen-bond donors (Lipinski definition) is 1. The summed E-state index contributed by atoms with van der Waals surface area (Å²) < 4.78 is 19.4. The highest BCUT2D eigenvalue weighted by Crippen LogP contribution is 2.14. The molecule has 0 radical (unpaired) electrons. The Hall–Kier alpha value is 0.0169. The Labute approximate surface area is 72.7 Å². The first-order valence-corrected chi connectivity index (χ1v) is 5.45. The number of ether oxygens (including phenoxy) is 1. The van der Waals surface area contributed by atoms with Crippen LogP contribution in [0.3, 0.4) is 0 Å². The Morgan fingerprint density at radius 3 is 2.50 bits per heavy atom. The standard InChI is InChI=1S/C6H14O5Si/c1-8-12(7,9-2)11-4-3-6-5-10-6/h6-7H,3-5H2,1-2H3. The minimum absolute atomic E-state index is 0.303. The van der Waals surface area contributed by atoms with Crippen LogP contribution in [-0.4, -0.2) is 47.4 Å². The topological polar surface area (TPSA) is 60.5 Å². The minimum atomic E-state index is -3.29. The summed E-state index contributed by atoms with van der Waals surface area (Å²) in [5.41, 5.74) is 0. The summed E-state index contributed by atoms with van der Waals surface area (Å²) >= 11 is 0. The van der Waals surface area contributed by atoms with E-state index in [4.69, 9.17) is 18.0 Å². The average molecular weight is 194 g/mol. The van der Waals surface area contributed by atoms with E-state index < -0.39 is 9.05 Å². The first-order valence-electron chi connectivity index (χ1n) is 3.78. The summed E-state index contributed by atoms with van der Waals surface area (Å²) in [6.45, 7) is 1.21. The van der Waals surface area contributed by atoms with Crippen LogP contribution >= 0.6 is 0 Å². The van der Waals surface area contributed by atoms with Gasteiger partial charge in [0.15, 0.2) is 0 Å². The molecule has 0 aromatic heterocycles. The number of epoxide rings is 1. The third-order valence-corrected chi connectivity index (χ3v) is 3.24. The maximum absolute atomic E-state index is 9.39. The van der Waals surface area contributed by atoms with E-state index in [1.807, 2.05) is 0 Å². The van der Waals surface area contributed by atoms with Gasteiger partial charge in [-0.2, -0.15) is 0 Å². The van der Waals surface area contributed by atoms with Crippen molar-refractivity contribution in [3.05, 3.63) is 0 Å². The van der Waals surface area contributed by atoms with E-state index in [9.17, 15) is 4.80 Å². The van der Waals surface area contributed by atoms with Crippen molar-refractivity contribution in [2.24, 2.45) is 0 Å². The highest BCUT2D eigenvalue weighted by Gasteiger charge is 2.39. The summed E-state index contributed by atoms with van der Waals surface area (Å²) in [4.78, 5) is 9.39. The Bertz CT molecular complexity index is 134. The predicted molar refractivity (Wildman–Crippen MR) is 42.3 cm³/mol. The zero-order valence-corrected chi connectivity index (χ0v) is 8.28. The monoisotopic (exact) mass is 194 g/mol. The fraction of sp³-hybridized carbons (Fsp3) is 1.00. The lowest BCUT2D eigenvalue weighted by atomic mass is 10.4. The van der Waals surface area contributed by atoms with Gasteiger partial charge in [-0.3, -0.25) is 0 Å². The van der Waals surface area contributed by atoms with Gasteiger partial charge in [0.1, 0.15) is 0 Å². The van der Waals surface area contributed by atoms with Crippen LogP contribution in [0.4, 0.5) is 0 Å². The molecule has 6 heteroatoms. The number of hydrogen-bond acceptors (Lipinski definition) is 5. The Kier molecular flexibility index (Phi) is 3.63. The van der Waals surface area contributed by atoms with Crippen molar-refractivity contribution in [1.29, 1.82) is 0 Å². The minimum Gasteiger partial charge on any atom is -0.373 e. The second-order valence-corrected chi connectivity index (χ2v) is 4.68. The van der Waals surface area contributed by atoms with E-state index in [0.717, 1.165) is 13.0 Å². The average Bonchev–Trinajstić information content (AvgIpc) is 2.88. The largest absolute Gasteiger partial charge is 0.676 e. The molecule has 1 heterocycles. The van der Waals surface area contributed by atoms with E-state index in [1.54, 1.807) is 0 Å². The molecule has 1 aliphatic heterocycles. The summed E-state index contributed by atoms with van der Waals surface area (Å²) in [7, 11) is -0.563. The molecule has 12 heavy (non-hydrogen) atoms. The van der Waals surface area contributed by atoms with Gasteiger partial charge in [0.05, 0.1) is 12.7 Å². The Morgan fingerprint density at radius 1 is 1.50 bits per heavy atom. The van der Waals surface area contributed by atoms with E-state index in [1.165, 1.54) is 14.2 Å². The molecule has 0 spiro atoms. The lowest BCUT2D eigenvalue weighted by molar-refractivity contribution is 0.0215. The molecule has 1 aliphatic rings. The highest BCUT2D eigenvalue weighted by atomic mass is 28.4. The van der Waals surface area contributed by atoms with Gasteiger partial charge in [-0.05, 0) is 6.42 Å². The fourth-order valence-electron chi connectivity index (χ4n) is 0.755. The molecule has 0 aromatic carbocycles. The lowest BCUT2D eigenvalue weighted by Gasteiger charge is -2.18. The van der Waals surface area contributed by atoms with Crippen LogP contribution in [0.5, 0.6) is 0 Å². The second-order valence-electron chi connectivity index (χ2n) is 2.52. The molecule has 1 N–H and O–H groups in total. The van der Waals surface area contributed by atoms with E-state index in [0.29, 0.717) is 12.7 Å². The molecule has 0 aromatic rings. The highest BCUT2D eigenvalue weighted by molar-refractivity contribution is 6.51. The van der Waals surface area contributed by atoms with Crippen molar-refractivity contribution in [2.75, 3.05) is 27.4 Å². The quantitative estimate of drug-likeness (QED) is 0.457. The van der Waals surface area contributed by atoms with Gasteiger partial charge in [-0.25, -0.2) is 0 Å². The van der Waals surface area contributed by atoms with Gasteiger partial charge < -0.3 is 22.8 Å². The van der Waals surface area contributed by atoms with Gasteiger partial charge in [0.2, 0.25) is 0 Å². The maximum Gasteiger partial charge on any atom is 0.676 e. The Morgan fingerprint density at radius 2 is 2.08 bits per heavy atom. The molecule has 1 saturated heterocycles. The number of rotatable bonds is 6. The normalized spacial score (nSPS) is 22.8. The zero-order chi connectivity index (χ0) is 9.03. The van der Waals surface area contributed by atoms with Crippen molar-refractivity contribution in [1.82, 2.24) is 0 Å². The van der Waals surface area contributed by atoms with Crippen LogP contribution in [0.1, 0.15) is 6.42 Å². The zero-order valence-electron chi connectivity index (χ0n) is 7.28. The van der Waals surface area contributed by atoms with Crippen LogP contribution in [0, 0.1) is 0 Å². The molecular formula is C6H14O5Si. The second kappa shape index (κ2) is 4.31. The van der Waals surface area contributed by atoms with Crippen LogP contribution in [0.25, 0.3) is 0 Å². The van der Waals surface area contributed by atoms with Gasteiger partial charge in [0, 0.05) is 20.8 Å². The van der Waals surface area contributed by atoms with E-state index in [2.05, 4.69) is 0 Å². The molecule has 72 valence electrons. The SMILES string of the molecule is CO[Si](O)(OC)OCCC1CO1. The molecular weight excluding hydrogens is 180 g/mol. The van der Waals surface area contributed by atoms with Crippen LogP contribution in [0.15, 0.2) is 0 Å². The van der Waals surface area contributed by atoms with Crippen molar-refractivity contribution < 1.29 is 22.8 Å². The third kappa shape index (κ3) is 3.17. The molecule has 0 saturated carbocycles.